The third-order valence-corrected chi connectivity index (χ3v) is 3.91. The van der Waals surface area contributed by atoms with Crippen molar-refractivity contribution in [3.63, 3.8) is 0 Å². The molecule has 0 bridgehead atoms. The number of aliphatic imine (C=N–C) groups is 1. The molecule has 1 aromatic rings. The fourth-order valence-corrected chi connectivity index (χ4v) is 2.52. The van der Waals surface area contributed by atoms with E-state index >= 15 is 0 Å². The molecule has 1 amide bonds. The van der Waals surface area contributed by atoms with Crippen molar-refractivity contribution < 1.29 is 4.79 Å². The van der Waals surface area contributed by atoms with Gasteiger partial charge in [-0.05, 0) is 57.5 Å². The zero-order chi connectivity index (χ0) is 19.5. The van der Waals surface area contributed by atoms with Gasteiger partial charge in [-0.2, -0.15) is 0 Å². The Labute approximate surface area is 158 Å². The number of rotatable bonds is 9. The lowest BCUT2D eigenvalue weighted by molar-refractivity contribution is -0.116. The Morgan fingerprint density at radius 1 is 1.19 bits per heavy atom. The highest BCUT2D eigenvalue weighted by atomic mass is 16.2. The number of carbonyl (C=O) groups excluding carboxylic acids is 1. The van der Waals surface area contributed by atoms with Crippen LogP contribution in [0.15, 0.2) is 29.3 Å². The third-order valence-electron chi connectivity index (χ3n) is 3.91. The molecule has 1 unspecified atom stereocenters. The van der Waals surface area contributed by atoms with Crippen molar-refractivity contribution in [2.24, 2.45) is 10.9 Å². The Kier molecular flexibility index (Phi) is 9.73. The summed E-state index contributed by atoms with van der Waals surface area (Å²) in [5.41, 5.74) is 1.90. The predicted octanol–water partition coefficient (Wildman–Crippen LogP) is 2.68. The minimum atomic E-state index is -0.0171. The van der Waals surface area contributed by atoms with Gasteiger partial charge in [-0.3, -0.25) is 9.79 Å². The number of likely N-dealkylation sites (N-methyl/N-ethyl adjacent to an activating group) is 1. The standard InChI is InChI=1S/C20H35N5O/c1-15(2)10-11-16(3)23-20(21-4)22-13-17-8-7-9-18(12-17)24-19(26)14-25(5)6/h7-9,12,15-16H,10-11,13-14H2,1-6H3,(H,24,26)(H2,21,22,23). The molecule has 0 aliphatic heterocycles. The third kappa shape index (κ3) is 9.42. The van der Waals surface area contributed by atoms with Crippen LogP contribution in [0.4, 0.5) is 5.69 Å². The van der Waals surface area contributed by atoms with Crippen LogP contribution in [0, 0.1) is 5.92 Å². The minimum Gasteiger partial charge on any atom is -0.354 e. The zero-order valence-electron chi connectivity index (χ0n) is 17.1. The number of amides is 1. The van der Waals surface area contributed by atoms with Crippen LogP contribution >= 0.6 is 0 Å². The monoisotopic (exact) mass is 361 g/mol. The summed E-state index contributed by atoms with van der Waals surface area (Å²) in [5, 5.41) is 9.68. The summed E-state index contributed by atoms with van der Waals surface area (Å²) in [7, 11) is 5.53. The molecule has 1 aromatic carbocycles. The molecular formula is C20H35N5O. The fraction of sp³-hybridized carbons (Fsp3) is 0.600. The maximum absolute atomic E-state index is 11.9. The number of anilines is 1. The first-order valence-corrected chi connectivity index (χ1v) is 9.30. The number of benzene rings is 1. The van der Waals surface area contributed by atoms with Gasteiger partial charge in [0.15, 0.2) is 5.96 Å². The molecule has 0 aliphatic carbocycles. The summed E-state index contributed by atoms with van der Waals surface area (Å²) in [6.45, 7) is 7.67. The van der Waals surface area contributed by atoms with Crippen molar-refractivity contribution in [1.82, 2.24) is 15.5 Å². The predicted molar refractivity (Wildman–Crippen MR) is 110 cm³/mol. The molecular weight excluding hydrogens is 326 g/mol. The molecule has 0 aromatic heterocycles. The molecule has 0 radical (unpaired) electrons. The largest absolute Gasteiger partial charge is 0.354 e. The molecule has 0 saturated heterocycles. The van der Waals surface area contributed by atoms with Crippen molar-refractivity contribution in [1.29, 1.82) is 0 Å². The first-order valence-electron chi connectivity index (χ1n) is 9.30. The molecule has 1 atom stereocenters. The van der Waals surface area contributed by atoms with E-state index in [9.17, 15) is 4.79 Å². The van der Waals surface area contributed by atoms with Crippen molar-refractivity contribution in [2.45, 2.75) is 46.2 Å². The van der Waals surface area contributed by atoms with Gasteiger partial charge < -0.3 is 20.9 Å². The number of carbonyl (C=O) groups is 1. The van der Waals surface area contributed by atoms with E-state index in [0.29, 0.717) is 25.0 Å². The molecule has 0 spiro atoms. The van der Waals surface area contributed by atoms with E-state index in [1.54, 1.807) is 7.05 Å². The molecule has 6 nitrogen and oxygen atoms in total. The van der Waals surface area contributed by atoms with Crippen molar-refractivity contribution in [2.75, 3.05) is 33.0 Å². The second-order valence-corrected chi connectivity index (χ2v) is 7.43. The zero-order valence-corrected chi connectivity index (χ0v) is 17.1. The maximum Gasteiger partial charge on any atom is 0.238 e. The fourth-order valence-electron chi connectivity index (χ4n) is 2.52. The van der Waals surface area contributed by atoms with Crippen LogP contribution in [0.25, 0.3) is 0 Å². The smallest absolute Gasteiger partial charge is 0.238 e. The summed E-state index contributed by atoms with van der Waals surface area (Å²) in [6.07, 6.45) is 2.31. The summed E-state index contributed by atoms with van der Waals surface area (Å²) < 4.78 is 0. The number of hydrogen-bond donors (Lipinski definition) is 3. The van der Waals surface area contributed by atoms with Crippen LogP contribution in [0.3, 0.4) is 0 Å². The quantitative estimate of drug-likeness (QED) is 0.467. The average molecular weight is 362 g/mol. The SMILES string of the molecule is CN=C(NCc1cccc(NC(=O)CN(C)C)c1)NC(C)CCC(C)C. The molecule has 26 heavy (non-hydrogen) atoms. The molecule has 0 fully saturated rings. The van der Waals surface area contributed by atoms with Gasteiger partial charge in [-0.15, -0.1) is 0 Å². The summed E-state index contributed by atoms with van der Waals surface area (Å²) in [5.74, 6) is 1.49. The van der Waals surface area contributed by atoms with Crippen LogP contribution in [-0.2, 0) is 11.3 Å². The minimum absolute atomic E-state index is 0.0171. The van der Waals surface area contributed by atoms with E-state index < -0.39 is 0 Å². The Morgan fingerprint density at radius 2 is 1.92 bits per heavy atom. The van der Waals surface area contributed by atoms with Crippen molar-refractivity contribution >= 4 is 17.6 Å². The molecule has 0 heterocycles. The van der Waals surface area contributed by atoms with Crippen LogP contribution in [-0.4, -0.2) is 50.5 Å². The van der Waals surface area contributed by atoms with Gasteiger partial charge >= 0.3 is 0 Å². The van der Waals surface area contributed by atoms with Crippen molar-refractivity contribution in [3.8, 4) is 0 Å². The van der Waals surface area contributed by atoms with Crippen LogP contribution in [0.2, 0.25) is 0 Å². The van der Waals surface area contributed by atoms with Crippen LogP contribution in [0.5, 0.6) is 0 Å². The van der Waals surface area contributed by atoms with E-state index in [-0.39, 0.29) is 5.91 Å². The first kappa shape index (κ1) is 22.0. The summed E-state index contributed by atoms with van der Waals surface area (Å²) in [4.78, 5) is 18.0. The van der Waals surface area contributed by atoms with Gasteiger partial charge in [-0.1, -0.05) is 26.0 Å². The highest BCUT2D eigenvalue weighted by Crippen LogP contribution is 2.11. The molecule has 6 heteroatoms. The molecule has 1 rings (SSSR count). The molecule has 0 aliphatic rings. The normalized spacial score (nSPS) is 13.0. The Bertz CT molecular complexity index is 583. The maximum atomic E-state index is 11.9. The topological polar surface area (TPSA) is 68.8 Å². The van der Waals surface area contributed by atoms with Crippen molar-refractivity contribution in [3.05, 3.63) is 29.8 Å². The van der Waals surface area contributed by atoms with Gasteiger partial charge in [0.05, 0.1) is 6.54 Å². The Morgan fingerprint density at radius 3 is 2.54 bits per heavy atom. The van der Waals surface area contributed by atoms with E-state index in [1.165, 1.54) is 6.42 Å². The van der Waals surface area contributed by atoms with Gasteiger partial charge in [0, 0.05) is 25.3 Å². The second kappa shape index (κ2) is 11.5. The van der Waals surface area contributed by atoms with Crippen LogP contribution in [0.1, 0.15) is 39.2 Å². The Hall–Kier alpha value is -2.08. The van der Waals surface area contributed by atoms with Gasteiger partial charge in [0.1, 0.15) is 0 Å². The van der Waals surface area contributed by atoms with E-state index in [4.69, 9.17) is 0 Å². The highest BCUT2D eigenvalue weighted by Gasteiger charge is 2.07. The lowest BCUT2D eigenvalue weighted by atomic mass is 10.0. The second-order valence-electron chi connectivity index (χ2n) is 7.43. The Balaban J connectivity index is 2.52. The van der Waals surface area contributed by atoms with Gasteiger partial charge in [0.25, 0.3) is 0 Å². The van der Waals surface area contributed by atoms with Crippen LogP contribution < -0.4 is 16.0 Å². The lowest BCUT2D eigenvalue weighted by Crippen LogP contribution is -2.41. The number of nitrogens with one attached hydrogen (secondary N) is 3. The molecule has 0 saturated carbocycles. The highest BCUT2D eigenvalue weighted by molar-refractivity contribution is 5.92. The summed E-state index contributed by atoms with van der Waals surface area (Å²) in [6, 6.07) is 8.24. The molecule has 3 N–H and O–H groups in total. The van der Waals surface area contributed by atoms with E-state index in [0.717, 1.165) is 23.6 Å². The van der Waals surface area contributed by atoms with E-state index in [1.807, 2.05) is 43.3 Å². The lowest BCUT2D eigenvalue weighted by Gasteiger charge is -2.19. The molecule has 146 valence electrons. The van der Waals surface area contributed by atoms with Gasteiger partial charge in [0.2, 0.25) is 5.91 Å². The van der Waals surface area contributed by atoms with E-state index in [2.05, 4.69) is 41.7 Å². The number of nitrogens with zero attached hydrogens (tertiary/aromatic N) is 2. The van der Waals surface area contributed by atoms with Gasteiger partial charge in [-0.25, -0.2) is 0 Å². The number of guanidine groups is 1. The number of hydrogen-bond acceptors (Lipinski definition) is 3. The first-order chi connectivity index (χ1) is 12.3. The summed E-state index contributed by atoms with van der Waals surface area (Å²) >= 11 is 0. The average Bonchev–Trinajstić information content (AvgIpc) is 2.56.